The van der Waals surface area contributed by atoms with Gasteiger partial charge in [-0.3, -0.25) is 4.79 Å². The number of hydrogen-bond donors (Lipinski definition) is 1. The number of fused-ring (bicyclic) bond motifs is 1. The van der Waals surface area contributed by atoms with Crippen LogP contribution in [-0.2, 0) is 9.53 Å². The lowest BCUT2D eigenvalue weighted by molar-refractivity contribution is -0.134. The van der Waals surface area contributed by atoms with Crippen molar-refractivity contribution in [2.45, 2.75) is 38.1 Å². The number of nitriles is 1. The molecule has 1 aliphatic carbocycles. The lowest BCUT2D eigenvalue weighted by Gasteiger charge is -2.41. The van der Waals surface area contributed by atoms with Crippen molar-refractivity contribution in [2.24, 2.45) is 0 Å². The Kier molecular flexibility index (Phi) is 5.77. The van der Waals surface area contributed by atoms with Crippen LogP contribution < -0.4 is 4.90 Å². The normalized spacial score (nSPS) is 18.5. The van der Waals surface area contributed by atoms with Crippen molar-refractivity contribution < 1.29 is 9.53 Å². The van der Waals surface area contributed by atoms with Gasteiger partial charge in [0, 0.05) is 56.0 Å². The van der Waals surface area contributed by atoms with Crippen LogP contribution in [0.2, 0.25) is 0 Å². The highest BCUT2D eigenvalue weighted by atomic mass is 16.5. The second-order valence-corrected chi connectivity index (χ2v) is 9.08. The summed E-state index contributed by atoms with van der Waals surface area (Å²) in [7, 11) is 1.61. The maximum Gasteiger partial charge on any atom is 0.225 e. The second-order valence-electron chi connectivity index (χ2n) is 9.08. The highest BCUT2D eigenvalue weighted by Crippen LogP contribution is 2.45. The number of nitrogens with zero attached hydrogens (tertiary/aromatic N) is 4. The first kappa shape index (κ1) is 21.5. The number of benzene rings is 1. The number of amides is 1. The molecule has 0 spiro atoms. The van der Waals surface area contributed by atoms with Crippen molar-refractivity contribution in [3.05, 3.63) is 47.8 Å². The Labute approximate surface area is 194 Å². The van der Waals surface area contributed by atoms with Gasteiger partial charge < -0.3 is 19.5 Å². The molecule has 1 amide bonds. The monoisotopic (exact) mass is 443 g/mol. The van der Waals surface area contributed by atoms with Crippen LogP contribution in [0.25, 0.3) is 22.0 Å². The second kappa shape index (κ2) is 8.87. The van der Waals surface area contributed by atoms with Gasteiger partial charge in [-0.05, 0) is 55.0 Å². The minimum Gasteiger partial charge on any atom is -0.384 e. The number of aromatic amines is 1. The topological polar surface area (TPSA) is 85.2 Å². The Morgan fingerprint density at radius 2 is 2.12 bits per heavy atom. The van der Waals surface area contributed by atoms with Gasteiger partial charge in [-0.2, -0.15) is 5.26 Å². The zero-order chi connectivity index (χ0) is 22.9. The standard InChI is InChI=1S/C26H29N5O2/c1-17-16-30(10-11-31(17)24(32)8-12-33-2)26-21(15-27)14-22(25(29-26)18-3-4-18)19-5-6-23-20(13-19)7-9-28-23/h5-7,9,13-14,17-18,28H,3-4,8,10-12,16H2,1-2H3/t17-/m1/s1. The summed E-state index contributed by atoms with van der Waals surface area (Å²) in [5.41, 5.74) is 4.94. The summed E-state index contributed by atoms with van der Waals surface area (Å²) in [4.78, 5) is 25.0. The number of piperazine rings is 1. The molecule has 0 bridgehead atoms. The van der Waals surface area contributed by atoms with E-state index in [1.165, 1.54) is 0 Å². The Hall–Kier alpha value is -3.37. The predicted octanol–water partition coefficient (Wildman–Crippen LogP) is 4.05. The SMILES string of the molecule is COCCC(=O)N1CCN(c2nc(C3CC3)c(-c3ccc4[nH]ccc4c3)cc2C#N)C[C@H]1C. The molecule has 0 unspecified atom stereocenters. The average Bonchev–Trinajstić information content (AvgIpc) is 3.58. The molecule has 170 valence electrons. The molecule has 2 aromatic heterocycles. The minimum atomic E-state index is 0.0523. The summed E-state index contributed by atoms with van der Waals surface area (Å²) in [6, 6.07) is 12.9. The van der Waals surface area contributed by atoms with Gasteiger partial charge in [-0.1, -0.05) is 6.07 Å². The third-order valence-electron chi connectivity index (χ3n) is 6.75. The lowest BCUT2D eigenvalue weighted by atomic mass is 9.98. The molecule has 1 saturated carbocycles. The van der Waals surface area contributed by atoms with Gasteiger partial charge in [0.25, 0.3) is 0 Å². The van der Waals surface area contributed by atoms with Crippen LogP contribution in [0.1, 0.15) is 43.4 Å². The van der Waals surface area contributed by atoms with E-state index in [4.69, 9.17) is 9.72 Å². The van der Waals surface area contributed by atoms with Gasteiger partial charge in [-0.15, -0.1) is 0 Å². The van der Waals surface area contributed by atoms with Gasteiger partial charge in [0.05, 0.1) is 24.3 Å². The molecule has 1 atom stereocenters. The Morgan fingerprint density at radius 3 is 2.85 bits per heavy atom. The molecule has 2 fully saturated rings. The van der Waals surface area contributed by atoms with E-state index in [0.29, 0.717) is 44.1 Å². The first-order valence-corrected chi connectivity index (χ1v) is 11.6. The maximum absolute atomic E-state index is 12.5. The van der Waals surface area contributed by atoms with Crippen LogP contribution in [0.5, 0.6) is 0 Å². The van der Waals surface area contributed by atoms with E-state index in [-0.39, 0.29) is 11.9 Å². The summed E-state index contributed by atoms with van der Waals surface area (Å²) < 4.78 is 5.06. The number of pyridine rings is 1. The number of methoxy groups -OCH3 is 1. The van der Waals surface area contributed by atoms with Crippen LogP contribution in [0, 0.1) is 11.3 Å². The number of ether oxygens (including phenoxy) is 1. The molecule has 3 heterocycles. The van der Waals surface area contributed by atoms with Crippen LogP contribution >= 0.6 is 0 Å². The van der Waals surface area contributed by atoms with E-state index in [0.717, 1.165) is 46.4 Å². The third-order valence-corrected chi connectivity index (χ3v) is 6.75. The number of hydrogen-bond acceptors (Lipinski definition) is 5. The van der Waals surface area contributed by atoms with Gasteiger partial charge in [0.1, 0.15) is 11.9 Å². The zero-order valence-electron chi connectivity index (χ0n) is 19.2. The van der Waals surface area contributed by atoms with Crippen LogP contribution in [0.4, 0.5) is 5.82 Å². The van der Waals surface area contributed by atoms with E-state index in [1.807, 2.05) is 17.2 Å². The molecular formula is C26H29N5O2. The summed E-state index contributed by atoms with van der Waals surface area (Å²) >= 11 is 0. The fourth-order valence-corrected chi connectivity index (χ4v) is 4.81. The van der Waals surface area contributed by atoms with Gasteiger partial charge in [0.2, 0.25) is 5.91 Å². The summed E-state index contributed by atoms with van der Waals surface area (Å²) in [5, 5.41) is 11.2. The smallest absolute Gasteiger partial charge is 0.225 e. The molecular weight excluding hydrogens is 414 g/mol. The quantitative estimate of drug-likeness (QED) is 0.621. The molecule has 1 saturated heterocycles. The number of aromatic nitrogens is 2. The fraction of sp³-hybridized carbons (Fsp3) is 0.423. The van der Waals surface area contributed by atoms with Crippen LogP contribution in [-0.4, -0.2) is 60.2 Å². The maximum atomic E-state index is 12.5. The molecule has 5 rings (SSSR count). The van der Waals surface area contributed by atoms with E-state index in [2.05, 4.69) is 47.1 Å². The molecule has 33 heavy (non-hydrogen) atoms. The van der Waals surface area contributed by atoms with Crippen molar-refractivity contribution in [1.29, 1.82) is 5.26 Å². The Bertz CT molecular complexity index is 1220. The largest absolute Gasteiger partial charge is 0.384 e. The Balaban J connectivity index is 1.46. The molecule has 3 aromatic rings. The molecule has 1 aromatic carbocycles. The van der Waals surface area contributed by atoms with E-state index in [9.17, 15) is 10.1 Å². The molecule has 1 aliphatic heterocycles. The van der Waals surface area contributed by atoms with E-state index >= 15 is 0 Å². The number of nitrogens with one attached hydrogen (secondary N) is 1. The fourth-order valence-electron chi connectivity index (χ4n) is 4.81. The van der Waals surface area contributed by atoms with Crippen molar-refractivity contribution in [3.8, 4) is 17.2 Å². The van der Waals surface area contributed by atoms with E-state index < -0.39 is 0 Å². The summed E-state index contributed by atoms with van der Waals surface area (Å²) in [5.74, 6) is 1.32. The number of H-pyrrole nitrogens is 1. The number of carbonyl (C=O) groups is 1. The number of carbonyl (C=O) groups excluding carboxylic acids is 1. The highest BCUT2D eigenvalue weighted by Gasteiger charge is 2.33. The number of rotatable bonds is 6. The lowest BCUT2D eigenvalue weighted by Crippen LogP contribution is -2.54. The van der Waals surface area contributed by atoms with Crippen LogP contribution in [0.15, 0.2) is 36.5 Å². The first-order valence-electron chi connectivity index (χ1n) is 11.6. The van der Waals surface area contributed by atoms with Crippen molar-refractivity contribution in [3.63, 3.8) is 0 Å². The molecule has 2 aliphatic rings. The zero-order valence-corrected chi connectivity index (χ0v) is 19.2. The molecule has 7 nitrogen and oxygen atoms in total. The number of anilines is 1. The van der Waals surface area contributed by atoms with Crippen molar-refractivity contribution >= 4 is 22.6 Å². The summed E-state index contributed by atoms with van der Waals surface area (Å²) in [6.45, 7) is 4.46. The van der Waals surface area contributed by atoms with Crippen molar-refractivity contribution in [2.75, 3.05) is 38.3 Å². The highest BCUT2D eigenvalue weighted by molar-refractivity contribution is 5.86. The van der Waals surface area contributed by atoms with Gasteiger partial charge in [0.15, 0.2) is 0 Å². The average molecular weight is 444 g/mol. The molecule has 1 N–H and O–H groups in total. The van der Waals surface area contributed by atoms with Gasteiger partial charge in [-0.25, -0.2) is 4.98 Å². The molecule has 7 heteroatoms. The Morgan fingerprint density at radius 1 is 1.27 bits per heavy atom. The van der Waals surface area contributed by atoms with Gasteiger partial charge >= 0.3 is 0 Å². The van der Waals surface area contributed by atoms with Crippen LogP contribution in [0.3, 0.4) is 0 Å². The third kappa shape index (κ3) is 4.19. The van der Waals surface area contributed by atoms with E-state index in [1.54, 1.807) is 7.11 Å². The summed E-state index contributed by atoms with van der Waals surface area (Å²) in [6.07, 6.45) is 4.61. The first-order chi connectivity index (χ1) is 16.1. The predicted molar refractivity (Wildman–Crippen MR) is 128 cm³/mol. The van der Waals surface area contributed by atoms with Crippen molar-refractivity contribution in [1.82, 2.24) is 14.9 Å². The minimum absolute atomic E-state index is 0.0523. The molecule has 0 radical (unpaired) electrons.